The van der Waals surface area contributed by atoms with Crippen LogP contribution >= 0.6 is 0 Å². The average Bonchev–Trinajstić information content (AvgIpc) is 3.01. The molecule has 4 nitrogen and oxygen atoms in total. The van der Waals surface area contributed by atoms with Crippen LogP contribution in [0.2, 0.25) is 0 Å². The molecule has 2 aromatic rings. The Hall–Kier alpha value is -2.31. The number of fused-ring (bicyclic) bond motifs is 1. The van der Waals surface area contributed by atoms with Gasteiger partial charge in [-0.1, -0.05) is 18.2 Å². The van der Waals surface area contributed by atoms with Crippen LogP contribution in [0.4, 0.5) is 18.9 Å². The number of hydrogen-bond donors (Lipinski definition) is 0. The molecule has 1 amide bonds. The molecule has 110 valence electrons. The first-order valence-corrected chi connectivity index (χ1v) is 6.39. The molecule has 0 radical (unpaired) electrons. The number of amides is 1. The molecule has 0 atom stereocenters. The highest BCUT2D eigenvalue weighted by molar-refractivity contribution is 6.06. The largest absolute Gasteiger partial charge is 0.435 e. The summed E-state index contributed by atoms with van der Waals surface area (Å²) in [7, 11) is 1.34. The molecule has 1 aromatic heterocycles. The second-order valence-electron chi connectivity index (χ2n) is 4.87. The minimum Gasteiger partial charge on any atom is -0.306 e. The highest BCUT2D eigenvalue weighted by Gasteiger charge is 2.36. The molecular weight excluding hydrogens is 283 g/mol. The molecule has 0 saturated carbocycles. The number of para-hydroxylation sites is 1. The zero-order valence-corrected chi connectivity index (χ0v) is 11.2. The second kappa shape index (κ2) is 4.61. The lowest BCUT2D eigenvalue weighted by atomic mass is 10.2. The molecule has 7 heteroatoms. The summed E-state index contributed by atoms with van der Waals surface area (Å²) in [6.45, 7) is 0.463. The molecule has 1 aliphatic heterocycles. The number of hydrogen-bond acceptors (Lipinski definition) is 2. The van der Waals surface area contributed by atoms with Gasteiger partial charge in [0, 0.05) is 25.3 Å². The SMILES string of the molecule is Cn1nc(C(F)(F)F)cc1C(=O)N1CCc2ccccc21. The van der Waals surface area contributed by atoms with Crippen molar-refractivity contribution in [2.75, 3.05) is 11.4 Å². The molecule has 2 heterocycles. The molecule has 1 aromatic carbocycles. The Morgan fingerprint density at radius 2 is 2.00 bits per heavy atom. The number of benzene rings is 1. The van der Waals surface area contributed by atoms with Gasteiger partial charge >= 0.3 is 6.18 Å². The van der Waals surface area contributed by atoms with Crippen LogP contribution in [0.1, 0.15) is 21.7 Å². The third-order valence-corrected chi connectivity index (χ3v) is 3.52. The Bertz CT molecular complexity index is 706. The van der Waals surface area contributed by atoms with E-state index in [1.807, 2.05) is 12.1 Å². The van der Waals surface area contributed by atoms with Crippen molar-refractivity contribution in [2.24, 2.45) is 7.05 Å². The lowest BCUT2D eigenvalue weighted by Gasteiger charge is -2.16. The molecule has 0 fully saturated rings. The Morgan fingerprint density at radius 3 is 2.67 bits per heavy atom. The van der Waals surface area contributed by atoms with E-state index in [-0.39, 0.29) is 5.69 Å². The van der Waals surface area contributed by atoms with Crippen LogP contribution in [0.15, 0.2) is 30.3 Å². The fourth-order valence-corrected chi connectivity index (χ4v) is 2.49. The maximum absolute atomic E-state index is 12.7. The quantitative estimate of drug-likeness (QED) is 0.811. The fraction of sp³-hybridized carbons (Fsp3) is 0.286. The molecule has 0 spiro atoms. The van der Waals surface area contributed by atoms with E-state index in [2.05, 4.69) is 5.10 Å². The topological polar surface area (TPSA) is 38.1 Å². The van der Waals surface area contributed by atoms with Crippen LogP contribution in [0.25, 0.3) is 0 Å². The second-order valence-corrected chi connectivity index (χ2v) is 4.87. The smallest absolute Gasteiger partial charge is 0.306 e. The van der Waals surface area contributed by atoms with Gasteiger partial charge in [-0.15, -0.1) is 0 Å². The summed E-state index contributed by atoms with van der Waals surface area (Å²) in [5, 5.41) is 3.37. The van der Waals surface area contributed by atoms with Gasteiger partial charge in [-0.05, 0) is 18.1 Å². The van der Waals surface area contributed by atoms with E-state index in [4.69, 9.17) is 0 Å². The third-order valence-electron chi connectivity index (χ3n) is 3.52. The number of rotatable bonds is 1. The predicted molar refractivity (Wildman–Crippen MR) is 70.0 cm³/mol. The summed E-state index contributed by atoms with van der Waals surface area (Å²) < 4.78 is 39.0. The third kappa shape index (κ3) is 2.28. The monoisotopic (exact) mass is 295 g/mol. The molecule has 21 heavy (non-hydrogen) atoms. The van der Waals surface area contributed by atoms with Crippen LogP contribution in [0.3, 0.4) is 0 Å². The molecule has 0 unspecified atom stereocenters. The Labute approximate surface area is 118 Å². The number of anilines is 1. The summed E-state index contributed by atoms with van der Waals surface area (Å²) in [5.74, 6) is -0.467. The summed E-state index contributed by atoms with van der Waals surface area (Å²) in [4.78, 5) is 14.0. The van der Waals surface area contributed by atoms with Gasteiger partial charge in [-0.3, -0.25) is 9.48 Å². The van der Waals surface area contributed by atoms with Gasteiger partial charge in [0.05, 0.1) is 0 Å². The number of aromatic nitrogens is 2. The Balaban J connectivity index is 1.96. The zero-order chi connectivity index (χ0) is 15.2. The summed E-state index contributed by atoms with van der Waals surface area (Å²) >= 11 is 0. The lowest BCUT2D eigenvalue weighted by Crippen LogP contribution is -2.30. The van der Waals surface area contributed by atoms with Gasteiger partial charge in [0.25, 0.3) is 5.91 Å². The van der Waals surface area contributed by atoms with Crippen LogP contribution < -0.4 is 4.90 Å². The standard InChI is InChI=1S/C14H12F3N3O/c1-19-11(8-12(18-19)14(15,16)17)13(21)20-7-6-9-4-2-3-5-10(9)20/h2-5,8H,6-7H2,1H3. The molecule has 1 aliphatic rings. The molecule has 0 saturated heterocycles. The normalized spacial score (nSPS) is 14.4. The van der Waals surface area contributed by atoms with Crippen molar-refractivity contribution in [3.05, 3.63) is 47.3 Å². The minimum atomic E-state index is -4.56. The number of nitrogens with zero attached hydrogens (tertiary/aromatic N) is 3. The Kier molecular flexibility index (Phi) is 3.00. The van der Waals surface area contributed by atoms with E-state index in [9.17, 15) is 18.0 Å². The van der Waals surface area contributed by atoms with Crippen molar-refractivity contribution < 1.29 is 18.0 Å². The van der Waals surface area contributed by atoms with Gasteiger partial charge in [0.1, 0.15) is 5.69 Å². The summed E-state index contributed by atoms with van der Waals surface area (Å²) in [6.07, 6.45) is -3.86. The summed E-state index contributed by atoms with van der Waals surface area (Å²) in [5.41, 5.74) is 0.640. The molecule has 0 N–H and O–H groups in total. The number of carbonyl (C=O) groups excluding carboxylic acids is 1. The number of carbonyl (C=O) groups is 1. The molecule has 3 rings (SSSR count). The summed E-state index contributed by atoms with van der Waals surface area (Å²) in [6, 6.07) is 8.17. The van der Waals surface area contributed by atoms with E-state index in [1.165, 1.54) is 11.9 Å². The van der Waals surface area contributed by atoms with Crippen molar-refractivity contribution >= 4 is 11.6 Å². The lowest BCUT2D eigenvalue weighted by molar-refractivity contribution is -0.141. The maximum Gasteiger partial charge on any atom is 0.435 e. The minimum absolute atomic E-state index is 0.0703. The van der Waals surface area contributed by atoms with Crippen molar-refractivity contribution in [3.8, 4) is 0 Å². The highest BCUT2D eigenvalue weighted by atomic mass is 19.4. The first kappa shape index (κ1) is 13.7. The van der Waals surface area contributed by atoms with Gasteiger partial charge in [0.2, 0.25) is 0 Å². The van der Waals surface area contributed by atoms with Crippen molar-refractivity contribution in [3.63, 3.8) is 0 Å². The van der Waals surface area contributed by atoms with Gasteiger partial charge in [-0.25, -0.2) is 0 Å². The highest BCUT2D eigenvalue weighted by Crippen LogP contribution is 2.31. The number of aryl methyl sites for hydroxylation is 1. The van der Waals surface area contributed by atoms with Crippen molar-refractivity contribution in [1.29, 1.82) is 0 Å². The van der Waals surface area contributed by atoms with Crippen LogP contribution in [-0.4, -0.2) is 22.2 Å². The predicted octanol–water partition coefficient (Wildman–Crippen LogP) is 2.64. The number of alkyl halides is 3. The Morgan fingerprint density at radius 1 is 1.29 bits per heavy atom. The van der Waals surface area contributed by atoms with E-state index in [0.717, 1.165) is 22.0 Å². The van der Waals surface area contributed by atoms with E-state index >= 15 is 0 Å². The van der Waals surface area contributed by atoms with Gasteiger partial charge in [-0.2, -0.15) is 18.3 Å². The van der Waals surface area contributed by atoms with E-state index < -0.39 is 17.8 Å². The number of halogens is 3. The molecule has 0 aliphatic carbocycles. The van der Waals surface area contributed by atoms with Crippen LogP contribution in [0, 0.1) is 0 Å². The maximum atomic E-state index is 12.7. The molecule has 0 bridgehead atoms. The van der Waals surface area contributed by atoms with E-state index in [1.54, 1.807) is 12.1 Å². The first-order chi connectivity index (χ1) is 9.88. The average molecular weight is 295 g/mol. The molecular formula is C14H12F3N3O. The van der Waals surface area contributed by atoms with Crippen molar-refractivity contribution in [1.82, 2.24) is 9.78 Å². The van der Waals surface area contributed by atoms with Crippen molar-refractivity contribution in [2.45, 2.75) is 12.6 Å². The fourth-order valence-electron chi connectivity index (χ4n) is 2.49. The van der Waals surface area contributed by atoms with E-state index in [0.29, 0.717) is 13.0 Å². The van der Waals surface area contributed by atoms with Gasteiger partial charge < -0.3 is 4.90 Å². The first-order valence-electron chi connectivity index (χ1n) is 6.39. The zero-order valence-electron chi connectivity index (χ0n) is 11.2. The van der Waals surface area contributed by atoms with Crippen LogP contribution in [0.5, 0.6) is 0 Å². The van der Waals surface area contributed by atoms with Crippen LogP contribution in [-0.2, 0) is 19.6 Å². The van der Waals surface area contributed by atoms with Gasteiger partial charge in [0.15, 0.2) is 5.69 Å².